The number of amides is 3. The molecule has 0 aliphatic carbocycles. The second kappa shape index (κ2) is 5.51. The first-order chi connectivity index (χ1) is 11.5. The van der Waals surface area contributed by atoms with E-state index in [0.29, 0.717) is 19.4 Å². The summed E-state index contributed by atoms with van der Waals surface area (Å²) in [5.74, 6) is -0.174. The van der Waals surface area contributed by atoms with Crippen LogP contribution in [-0.4, -0.2) is 65.8 Å². The molecule has 4 rings (SSSR count). The van der Waals surface area contributed by atoms with Crippen molar-refractivity contribution in [1.82, 2.24) is 15.1 Å². The van der Waals surface area contributed by atoms with Gasteiger partial charge in [-0.15, -0.1) is 0 Å². The Morgan fingerprint density at radius 1 is 1.29 bits per heavy atom. The fourth-order valence-corrected chi connectivity index (χ4v) is 3.83. The standard InChI is InChI=1S/C17H20N4O3/c1-20-9-15(22)21-8-11(7-14(21)17(20)24)18-16(23)13-6-10-4-2-3-5-12(10)19-13/h2-5,11,13-14,19H,6-9H2,1H3,(H,18,23)/t11-,13-,14-/m0/s1. The van der Waals surface area contributed by atoms with Gasteiger partial charge in [-0.05, 0) is 18.1 Å². The highest BCUT2D eigenvalue weighted by Crippen LogP contribution is 2.27. The normalized spacial score (nSPS) is 28.5. The van der Waals surface area contributed by atoms with Gasteiger partial charge in [0.2, 0.25) is 17.7 Å². The molecule has 3 atom stereocenters. The lowest BCUT2D eigenvalue weighted by Gasteiger charge is -2.33. The largest absolute Gasteiger partial charge is 0.373 e. The Hall–Kier alpha value is -2.57. The van der Waals surface area contributed by atoms with Crippen LogP contribution in [0, 0.1) is 0 Å². The van der Waals surface area contributed by atoms with Crippen LogP contribution in [0.3, 0.4) is 0 Å². The van der Waals surface area contributed by atoms with E-state index >= 15 is 0 Å². The molecule has 0 radical (unpaired) electrons. The van der Waals surface area contributed by atoms with Crippen molar-refractivity contribution < 1.29 is 14.4 Å². The van der Waals surface area contributed by atoms with Gasteiger partial charge in [-0.25, -0.2) is 0 Å². The molecule has 0 saturated carbocycles. The molecule has 2 N–H and O–H groups in total. The average molecular weight is 328 g/mol. The minimum atomic E-state index is -0.435. The molecular weight excluding hydrogens is 308 g/mol. The number of carbonyl (C=O) groups excluding carboxylic acids is 3. The summed E-state index contributed by atoms with van der Waals surface area (Å²) in [6.07, 6.45) is 1.14. The molecule has 3 aliphatic heterocycles. The smallest absolute Gasteiger partial charge is 0.245 e. The molecule has 7 heteroatoms. The van der Waals surface area contributed by atoms with Gasteiger partial charge in [0, 0.05) is 31.7 Å². The van der Waals surface area contributed by atoms with Crippen LogP contribution in [0.15, 0.2) is 24.3 Å². The lowest BCUT2D eigenvalue weighted by atomic mass is 10.1. The van der Waals surface area contributed by atoms with Gasteiger partial charge in [-0.3, -0.25) is 14.4 Å². The molecule has 2 fully saturated rings. The Labute approximate surface area is 140 Å². The van der Waals surface area contributed by atoms with Gasteiger partial charge in [-0.1, -0.05) is 18.2 Å². The first-order valence-electron chi connectivity index (χ1n) is 8.22. The zero-order valence-corrected chi connectivity index (χ0v) is 13.5. The second-order valence-electron chi connectivity index (χ2n) is 6.76. The van der Waals surface area contributed by atoms with Crippen LogP contribution in [-0.2, 0) is 20.8 Å². The SMILES string of the molecule is CN1CC(=O)N2C[C@@H](NC(=O)[C@@H]3Cc4ccccc4N3)C[C@H]2C1=O. The highest BCUT2D eigenvalue weighted by Gasteiger charge is 2.45. The number of nitrogens with zero attached hydrogens (tertiary/aromatic N) is 2. The maximum Gasteiger partial charge on any atom is 0.245 e. The summed E-state index contributed by atoms with van der Waals surface area (Å²) in [5.41, 5.74) is 2.13. The van der Waals surface area contributed by atoms with Gasteiger partial charge >= 0.3 is 0 Å². The van der Waals surface area contributed by atoms with Crippen LogP contribution in [0.5, 0.6) is 0 Å². The molecule has 7 nitrogen and oxygen atoms in total. The first kappa shape index (κ1) is 15.0. The second-order valence-corrected chi connectivity index (χ2v) is 6.76. The van der Waals surface area contributed by atoms with Crippen molar-refractivity contribution in [3.05, 3.63) is 29.8 Å². The molecule has 1 aromatic carbocycles. The van der Waals surface area contributed by atoms with E-state index in [0.717, 1.165) is 11.3 Å². The van der Waals surface area contributed by atoms with Gasteiger partial charge in [0.15, 0.2) is 0 Å². The Balaban J connectivity index is 1.40. The summed E-state index contributed by atoms with van der Waals surface area (Å²) in [7, 11) is 1.64. The van der Waals surface area contributed by atoms with Crippen molar-refractivity contribution in [1.29, 1.82) is 0 Å². The average Bonchev–Trinajstić information content (AvgIpc) is 3.17. The van der Waals surface area contributed by atoms with Gasteiger partial charge in [0.05, 0.1) is 6.54 Å². The van der Waals surface area contributed by atoms with Crippen LogP contribution in [0.4, 0.5) is 5.69 Å². The number of piperazine rings is 1. The fraction of sp³-hybridized carbons (Fsp3) is 0.471. The van der Waals surface area contributed by atoms with E-state index in [-0.39, 0.29) is 36.3 Å². The zero-order chi connectivity index (χ0) is 16.8. The fourth-order valence-electron chi connectivity index (χ4n) is 3.83. The third kappa shape index (κ3) is 2.40. The lowest BCUT2D eigenvalue weighted by molar-refractivity contribution is -0.152. The number of fused-ring (bicyclic) bond motifs is 2. The van der Waals surface area contributed by atoms with Crippen molar-refractivity contribution in [2.24, 2.45) is 0 Å². The number of carbonyl (C=O) groups is 3. The number of para-hydroxylation sites is 1. The van der Waals surface area contributed by atoms with Gasteiger partial charge in [-0.2, -0.15) is 0 Å². The lowest BCUT2D eigenvalue weighted by Crippen LogP contribution is -2.56. The van der Waals surface area contributed by atoms with E-state index < -0.39 is 6.04 Å². The molecule has 0 unspecified atom stereocenters. The third-order valence-electron chi connectivity index (χ3n) is 5.09. The van der Waals surface area contributed by atoms with Crippen molar-refractivity contribution in [3.8, 4) is 0 Å². The third-order valence-corrected chi connectivity index (χ3v) is 5.09. The number of anilines is 1. The van der Waals surface area contributed by atoms with E-state index in [9.17, 15) is 14.4 Å². The molecule has 0 aromatic heterocycles. The molecule has 0 bridgehead atoms. The van der Waals surface area contributed by atoms with Crippen LogP contribution in [0.1, 0.15) is 12.0 Å². The molecule has 3 amide bonds. The van der Waals surface area contributed by atoms with Crippen molar-refractivity contribution in [3.63, 3.8) is 0 Å². The summed E-state index contributed by atoms with van der Waals surface area (Å²) in [4.78, 5) is 39.9. The Morgan fingerprint density at radius 3 is 2.88 bits per heavy atom. The molecule has 3 aliphatic rings. The minimum absolute atomic E-state index is 0.0438. The zero-order valence-electron chi connectivity index (χ0n) is 13.5. The van der Waals surface area contributed by atoms with Crippen LogP contribution in [0.2, 0.25) is 0 Å². The summed E-state index contributed by atoms with van der Waals surface area (Å²) >= 11 is 0. The van der Waals surface area contributed by atoms with Crippen LogP contribution < -0.4 is 10.6 Å². The van der Waals surface area contributed by atoms with Crippen LogP contribution in [0.25, 0.3) is 0 Å². The minimum Gasteiger partial charge on any atom is -0.373 e. The van der Waals surface area contributed by atoms with E-state index in [2.05, 4.69) is 10.6 Å². The Kier molecular flexibility index (Phi) is 3.44. The number of hydrogen-bond donors (Lipinski definition) is 2. The number of likely N-dealkylation sites (N-methyl/N-ethyl adjacent to an activating group) is 1. The van der Waals surface area contributed by atoms with Gasteiger partial charge in [0.25, 0.3) is 0 Å². The summed E-state index contributed by atoms with van der Waals surface area (Å²) in [6, 6.07) is 6.97. The molecule has 2 saturated heterocycles. The van der Waals surface area contributed by atoms with E-state index in [4.69, 9.17) is 0 Å². The van der Waals surface area contributed by atoms with Crippen molar-refractivity contribution >= 4 is 23.4 Å². The van der Waals surface area contributed by atoms with Crippen LogP contribution >= 0.6 is 0 Å². The van der Waals surface area contributed by atoms with Gasteiger partial charge in [0.1, 0.15) is 12.1 Å². The number of rotatable bonds is 2. The Morgan fingerprint density at radius 2 is 2.08 bits per heavy atom. The summed E-state index contributed by atoms with van der Waals surface area (Å²) < 4.78 is 0. The molecule has 24 heavy (non-hydrogen) atoms. The highest BCUT2D eigenvalue weighted by atomic mass is 16.2. The monoisotopic (exact) mass is 328 g/mol. The maximum absolute atomic E-state index is 12.5. The molecule has 0 spiro atoms. The van der Waals surface area contributed by atoms with E-state index in [1.165, 1.54) is 4.90 Å². The van der Waals surface area contributed by atoms with E-state index in [1.54, 1.807) is 11.9 Å². The molecule has 126 valence electrons. The quantitative estimate of drug-likeness (QED) is 0.773. The maximum atomic E-state index is 12.5. The van der Waals surface area contributed by atoms with Gasteiger partial charge < -0.3 is 20.4 Å². The highest BCUT2D eigenvalue weighted by molar-refractivity contribution is 5.95. The van der Waals surface area contributed by atoms with E-state index in [1.807, 2.05) is 24.3 Å². The van der Waals surface area contributed by atoms with Crippen molar-refractivity contribution in [2.75, 3.05) is 25.5 Å². The summed E-state index contributed by atoms with van der Waals surface area (Å²) in [5, 5.41) is 6.23. The molecular formula is C17H20N4O3. The molecule has 1 aromatic rings. The Bertz CT molecular complexity index is 695. The topological polar surface area (TPSA) is 81.8 Å². The predicted molar refractivity (Wildman–Crippen MR) is 87.2 cm³/mol. The number of benzene rings is 1. The number of nitrogens with one attached hydrogen (secondary N) is 2. The van der Waals surface area contributed by atoms with Crippen molar-refractivity contribution in [2.45, 2.75) is 31.0 Å². The summed E-state index contributed by atoms with van der Waals surface area (Å²) in [6.45, 7) is 0.532. The first-order valence-corrected chi connectivity index (χ1v) is 8.22. The molecule has 3 heterocycles. The number of hydrogen-bond acceptors (Lipinski definition) is 4. The predicted octanol–water partition coefficient (Wildman–Crippen LogP) is -0.419.